The third-order valence-corrected chi connectivity index (χ3v) is 5.99. The van der Waals surface area contributed by atoms with E-state index in [0.717, 1.165) is 45.1 Å². The zero-order valence-corrected chi connectivity index (χ0v) is 15.5. The van der Waals surface area contributed by atoms with Crippen LogP contribution < -0.4 is 10.6 Å². The molecule has 3 aliphatic rings. The molecule has 0 aromatic carbocycles. The summed E-state index contributed by atoms with van der Waals surface area (Å²) in [5, 5.41) is 7.07. The van der Waals surface area contributed by atoms with E-state index < -0.39 is 0 Å². The van der Waals surface area contributed by atoms with Gasteiger partial charge in [-0.15, -0.1) is 0 Å². The molecular formula is C19H35N3O2. The molecule has 2 aliphatic heterocycles. The van der Waals surface area contributed by atoms with Gasteiger partial charge in [0.25, 0.3) is 0 Å². The van der Waals surface area contributed by atoms with E-state index in [1.54, 1.807) is 0 Å². The van der Waals surface area contributed by atoms with Gasteiger partial charge >= 0.3 is 0 Å². The number of guanidine groups is 1. The standard InChI is InChI=1S/C19H35N3O2/c1-3-20-18(22-16-13-15-7-8-17(16)24-15)21-14-19(9-5-6-10-19)11-12-23-4-2/h15-17H,3-14H2,1-2H3,(H2,20,21,22). The summed E-state index contributed by atoms with van der Waals surface area (Å²) in [6, 6.07) is 0.435. The van der Waals surface area contributed by atoms with Crippen molar-refractivity contribution in [1.29, 1.82) is 0 Å². The van der Waals surface area contributed by atoms with Crippen LogP contribution >= 0.6 is 0 Å². The lowest BCUT2D eigenvalue weighted by atomic mass is 9.83. The van der Waals surface area contributed by atoms with Crippen LogP contribution in [-0.2, 0) is 9.47 Å². The Hall–Kier alpha value is -0.810. The van der Waals surface area contributed by atoms with E-state index in [0.29, 0.717) is 23.7 Å². The van der Waals surface area contributed by atoms with Crippen LogP contribution in [0, 0.1) is 5.41 Å². The van der Waals surface area contributed by atoms with Gasteiger partial charge in [-0.2, -0.15) is 0 Å². The summed E-state index contributed by atoms with van der Waals surface area (Å²) in [4.78, 5) is 4.98. The summed E-state index contributed by atoms with van der Waals surface area (Å²) in [5.74, 6) is 0.973. The Morgan fingerprint density at radius 2 is 2.08 bits per heavy atom. The molecule has 24 heavy (non-hydrogen) atoms. The molecule has 138 valence electrons. The largest absolute Gasteiger partial charge is 0.382 e. The molecule has 2 heterocycles. The van der Waals surface area contributed by atoms with Crippen molar-refractivity contribution in [3.05, 3.63) is 0 Å². The minimum absolute atomic E-state index is 0.350. The molecule has 1 aliphatic carbocycles. The van der Waals surface area contributed by atoms with Crippen molar-refractivity contribution in [3.8, 4) is 0 Å². The first-order valence-corrected chi connectivity index (χ1v) is 10.0. The lowest BCUT2D eigenvalue weighted by Crippen LogP contribution is -2.47. The highest BCUT2D eigenvalue weighted by Crippen LogP contribution is 2.41. The number of nitrogens with zero attached hydrogens (tertiary/aromatic N) is 1. The molecule has 0 radical (unpaired) electrons. The van der Waals surface area contributed by atoms with E-state index in [1.165, 1.54) is 38.5 Å². The SMILES string of the molecule is CCNC(=NCC1(CCOCC)CCCC1)NC1CC2CCC1O2. The number of nitrogens with one attached hydrogen (secondary N) is 2. The Bertz CT molecular complexity index is 421. The maximum Gasteiger partial charge on any atom is 0.191 e. The highest BCUT2D eigenvalue weighted by molar-refractivity contribution is 5.80. The second kappa shape index (κ2) is 8.52. The monoisotopic (exact) mass is 337 g/mol. The second-order valence-corrected chi connectivity index (χ2v) is 7.71. The van der Waals surface area contributed by atoms with E-state index in [9.17, 15) is 0 Å². The van der Waals surface area contributed by atoms with Crippen molar-refractivity contribution in [2.24, 2.45) is 10.4 Å². The fraction of sp³-hybridized carbons (Fsp3) is 0.947. The van der Waals surface area contributed by atoms with Gasteiger partial charge in [-0.25, -0.2) is 0 Å². The molecule has 1 saturated carbocycles. The molecule has 3 rings (SSSR count). The summed E-state index contributed by atoms with van der Waals surface area (Å²) in [5.41, 5.74) is 0.350. The van der Waals surface area contributed by atoms with Crippen LogP contribution in [0.3, 0.4) is 0 Å². The zero-order valence-electron chi connectivity index (χ0n) is 15.5. The summed E-state index contributed by atoms with van der Waals surface area (Å²) in [7, 11) is 0. The normalized spacial score (nSPS) is 31.6. The van der Waals surface area contributed by atoms with Crippen LogP contribution in [0.5, 0.6) is 0 Å². The van der Waals surface area contributed by atoms with E-state index >= 15 is 0 Å². The van der Waals surface area contributed by atoms with Crippen molar-refractivity contribution in [3.63, 3.8) is 0 Å². The number of hydrogen-bond acceptors (Lipinski definition) is 3. The van der Waals surface area contributed by atoms with E-state index in [4.69, 9.17) is 14.5 Å². The first-order valence-electron chi connectivity index (χ1n) is 10.0. The maximum absolute atomic E-state index is 5.97. The lowest BCUT2D eigenvalue weighted by molar-refractivity contribution is 0.0991. The summed E-state index contributed by atoms with van der Waals surface area (Å²) in [6.45, 7) is 7.71. The Balaban J connectivity index is 1.57. The quantitative estimate of drug-likeness (QED) is 0.406. The van der Waals surface area contributed by atoms with Crippen LogP contribution in [-0.4, -0.2) is 50.5 Å². The summed E-state index contributed by atoms with van der Waals surface area (Å²) >= 11 is 0. The minimum Gasteiger partial charge on any atom is -0.382 e. The number of hydrogen-bond donors (Lipinski definition) is 2. The van der Waals surface area contributed by atoms with Gasteiger partial charge in [0.1, 0.15) is 0 Å². The number of aliphatic imine (C=N–C) groups is 1. The van der Waals surface area contributed by atoms with Crippen molar-refractivity contribution in [2.75, 3.05) is 26.3 Å². The van der Waals surface area contributed by atoms with Crippen molar-refractivity contribution in [2.45, 2.75) is 83.5 Å². The van der Waals surface area contributed by atoms with Crippen molar-refractivity contribution >= 4 is 5.96 Å². The number of fused-ring (bicyclic) bond motifs is 2. The van der Waals surface area contributed by atoms with Gasteiger partial charge in [0.15, 0.2) is 5.96 Å². The molecule has 5 nitrogen and oxygen atoms in total. The average Bonchev–Trinajstić information content (AvgIpc) is 3.30. The van der Waals surface area contributed by atoms with Crippen molar-refractivity contribution in [1.82, 2.24) is 10.6 Å². The average molecular weight is 338 g/mol. The molecule has 2 saturated heterocycles. The smallest absolute Gasteiger partial charge is 0.191 e. The first kappa shape index (κ1) is 18.0. The third-order valence-electron chi connectivity index (χ3n) is 5.99. The molecule has 3 unspecified atom stereocenters. The van der Waals surface area contributed by atoms with E-state index in [2.05, 4.69) is 24.5 Å². The predicted molar refractivity (Wildman–Crippen MR) is 97.4 cm³/mol. The van der Waals surface area contributed by atoms with E-state index in [1.807, 2.05) is 0 Å². The molecule has 3 fully saturated rings. The number of ether oxygens (including phenoxy) is 2. The van der Waals surface area contributed by atoms with Gasteiger partial charge in [-0.05, 0) is 57.8 Å². The Kier molecular flexibility index (Phi) is 6.39. The number of rotatable bonds is 8. The van der Waals surface area contributed by atoms with Crippen LogP contribution in [0.2, 0.25) is 0 Å². The van der Waals surface area contributed by atoms with Gasteiger partial charge < -0.3 is 20.1 Å². The highest BCUT2D eigenvalue weighted by Gasteiger charge is 2.41. The van der Waals surface area contributed by atoms with Gasteiger partial charge in [-0.1, -0.05) is 12.8 Å². The Morgan fingerprint density at radius 1 is 1.25 bits per heavy atom. The van der Waals surface area contributed by atoms with Crippen LogP contribution in [0.25, 0.3) is 0 Å². The maximum atomic E-state index is 5.97. The van der Waals surface area contributed by atoms with Gasteiger partial charge in [-0.3, -0.25) is 4.99 Å². The molecule has 0 amide bonds. The van der Waals surface area contributed by atoms with Crippen molar-refractivity contribution < 1.29 is 9.47 Å². The van der Waals surface area contributed by atoms with Crippen LogP contribution in [0.15, 0.2) is 4.99 Å². The molecule has 5 heteroatoms. The van der Waals surface area contributed by atoms with Gasteiger partial charge in [0, 0.05) is 26.3 Å². The zero-order chi connectivity index (χ0) is 16.8. The highest BCUT2D eigenvalue weighted by atomic mass is 16.5. The predicted octanol–water partition coefficient (Wildman–Crippen LogP) is 2.85. The fourth-order valence-electron chi connectivity index (χ4n) is 4.58. The Labute approximate surface area is 147 Å². The fourth-order valence-corrected chi connectivity index (χ4v) is 4.58. The van der Waals surface area contributed by atoms with E-state index in [-0.39, 0.29) is 0 Å². The molecular weight excluding hydrogens is 302 g/mol. The molecule has 0 aromatic heterocycles. The first-order chi connectivity index (χ1) is 11.7. The Morgan fingerprint density at radius 3 is 2.71 bits per heavy atom. The minimum atomic E-state index is 0.350. The summed E-state index contributed by atoms with van der Waals surface area (Å²) < 4.78 is 11.6. The summed E-state index contributed by atoms with van der Waals surface area (Å²) in [6.07, 6.45) is 10.8. The van der Waals surface area contributed by atoms with Gasteiger partial charge in [0.2, 0.25) is 0 Å². The second-order valence-electron chi connectivity index (χ2n) is 7.71. The molecule has 3 atom stereocenters. The molecule has 0 aromatic rings. The van der Waals surface area contributed by atoms with Gasteiger partial charge in [0.05, 0.1) is 18.2 Å². The molecule has 2 bridgehead atoms. The lowest BCUT2D eigenvalue weighted by Gasteiger charge is -2.28. The topological polar surface area (TPSA) is 54.9 Å². The third kappa shape index (κ3) is 4.42. The van der Waals surface area contributed by atoms with Crippen LogP contribution in [0.4, 0.5) is 0 Å². The van der Waals surface area contributed by atoms with Crippen LogP contribution in [0.1, 0.15) is 65.2 Å². The molecule has 0 spiro atoms. The molecule has 2 N–H and O–H groups in total.